The van der Waals surface area contributed by atoms with Gasteiger partial charge in [0.15, 0.2) is 0 Å². The number of rotatable bonds is 7. The molecule has 0 aliphatic heterocycles. The van der Waals surface area contributed by atoms with Crippen LogP contribution in [0.15, 0.2) is 24.3 Å². The first-order chi connectivity index (χ1) is 8.65. The second-order valence-electron chi connectivity index (χ2n) is 3.56. The molecule has 0 aliphatic carbocycles. The van der Waals surface area contributed by atoms with Gasteiger partial charge in [-0.05, 0) is 37.1 Å². The average molecular weight is 254 g/mol. The number of carbonyl (C=O) groups excluding carboxylic acids is 1. The minimum atomic E-state index is -1.04. The molecule has 0 aliphatic rings. The molecule has 0 saturated heterocycles. The number of ether oxygens (including phenoxy) is 1. The molecule has 0 aromatic heterocycles. The summed E-state index contributed by atoms with van der Waals surface area (Å²) in [5.41, 5.74) is 0.421. The minimum Gasteiger partial charge on any atom is -0.478 e. The van der Waals surface area contributed by atoms with Gasteiger partial charge in [0.25, 0.3) is 0 Å². The Labute approximate surface area is 104 Å². The van der Waals surface area contributed by atoms with Crippen molar-refractivity contribution in [2.75, 3.05) is 13.2 Å². The van der Waals surface area contributed by atoms with Crippen molar-refractivity contribution in [1.82, 2.24) is 0 Å². The van der Waals surface area contributed by atoms with Crippen LogP contribution < -0.4 is 0 Å². The van der Waals surface area contributed by atoms with Crippen LogP contribution in [0.1, 0.15) is 33.6 Å². The van der Waals surface area contributed by atoms with Crippen molar-refractivity contribution in [1.29, 1.82) is 0 Å². The molecule has 98 valence electrons. The van der Waals surface area contributed by atoms with Crippen molar-refractivity contribution >= 4 is 11.9 Å². The first kappa shape index (κ1) is 14.1. The molecule has 0 bridgehead atoms. The number of esters is 1. The summed E-state index contributed by atoms with van der Waals surface area (Å²) in [7, 11) is 0. The summed E-state index contributed by atoms with van der Waals surface area (Å²) >= 11 is 0. The lowest BCUT2D eigenvalue weighted by Crippen LogP contribution is -2.07. The molecule has 0 unspecified atom stereocenters. The number of hydrogen-bond donors (Lipinski definition) is 2. The van der Waals surface area contributed by atoms with Gasteiger partial charge >= 0.3 is 11.9 Å². The standard InChI is InChI=1S/C12H14O6/c13-11(14)9-3-5-10(6-4-9)12(15)17-7-1-2-8-18-16/h3-6,16H,1-2,7-8H2,(H,13,14). The molecule has 0 radical (unpaired) electrons. The zero-order chi connectivity index (χ0) is 13.4. The van der Waals surface area contributed by atoms with E-state index in [4.69, 9.17) is 15.1 Å². The van der Waals surface area contributed by atoms with E-state index in [0.717, 1.165) is 0 Å². The zero-order valence-electron chi connectivity index (χ0n) is 9.67. The summed E-state index contributed by atoms with van der Waals surface area (Å²) in [6.45, 7) is 0.424. The van der Waals surface area contributed by atoms with Gasteiger partial charge in [-0.15, -0.1) is 0 Å². The topological polar surface area (TPSA) is 93.1 Å². The normalized spacial score (nSPS) is 10.1. The summed E-state index contributed by atoms with van der Waals surface area (Å²) in [5.74, 6) is -1.55. The van der Waals surface area contributed by atoms with Crippen molar-refractivity contribution in [2.45, 2.75) is 12.8 Å². The minimum absolute atomic E-state index is 0.117. The van der Waals surface area contributed by atoms with Crippen LogP contribution in [0.2, 0.25) is 0 Å². The summed E-state index contributed by atoms with van der Waals surface area (Å²) in [6.07, 6.45) is 1.17. The van der Waals surface area contributed by atoms with Crippen LogP contribution in [0.4, 0.5) is 0 Å². The van der Waals surface area contributed by atoms with Crippen molar-refractivity contribution < 1.29 is 29.6 Å². The molecule has 0 saturated carbocycles. The number of carbonyl (C=O) groups is 2. The Balaban J connectivity index is 2.39. The highest BCUT2D eigenvalue weighted by Gasteiger charge is 2.08. The number of benzene rings is 1. The summed E-state index contributed by atoms with van der Waals surface area (Å²) in [5, 5.41) is 16.8. The number of aromatic carboxylic acids is 1. The Bertz CT molecular complexity index is 398. The molecule has 6 heteroatoms. The van der Waals surface area contributed by atoms with Gasteiger partial charge in [0.05, 0.1) is 24.3 Å². The lowest BCUT2D eigenvalue weighted by atomic mass is 10.1. The monoisotopic (exact) mass is 254 g/mol. The van der Waals surface area contributed by atoms with Crippen molar-refractivity contribution in [3.63, 3.8) is 0 Å². The van der Waals surface area contributed by atoms with Gasteiger partial charge in [0, 0.05) is 0 Å². The molecule has 0 amide bonds. The van der Waals surface area contributed by atoms with E-state index in [2.05, 4.69) is 4.89 Å². The van der Waals surface area contributed by atoms with E-state index in [0.29, 0.717) is 18.4 Å². The maximum Gasteiger partial charge on any atom is 0.338 e. The molecule has 1 aromatic rings. The largest absolute Gasteiger partial charge is 0.478 e. The number of carboxylic acids is 1. The van der Waals surface area contributed by atoms with E-state index in [-0.39, 0.29) is 18.8 Å². The summed E-state index contributed by atoms with van der Waals surface area (Å²) < 4.78 is 4.95. The number of unbranched alkanes of at least 4 members (excludes halogenated alkanes) is 1. The molecule has 2 N–H and O–H groups in total. The molecular formula is C12H14O6. The Morgan fingerprint density at radius 2 is 1.56 bits per heavy atom. The summed E-state index contributed by atoms with van der Waals surface area (Å²) in [4.78, 5) is 26.0. The Morgan fingerprint density at radius 3 is 2.11 bits per heavy atom. The second kappa shape index (κ2) is 7.41. The molecule has 0 heterocycles. The summed E-state index contributed by atoms with van der Waals surface area (Å²) in [6, 6.07) is 5.50. The van der Waals surface area contributed by atoms with E-state index in [9.17, 15) is 9.59 Å². The lowest BCUT2D eigenvalue weighted by Gasteiger charge is -2.04. The van der Waals surface area contributed by atoms with E-state index in [1.807, 2.05) is 0 Å². The van der Waals surface area contributed by atoms with Crippen LogP contribution in [-0.4, -0.2) is 35.5 Å². The van der Waals surface area contributed by atoms with E-state index in [1.54, 1.807) is 0 Å². The first-order valence-corrected chi connectivity index (χ1v) is 5.42. The molecule has 18 heavy (non-hydrogen) atoms. The lowest BCUT2D eigenvalue weighted by molar-refractivity contribution is -0.242. The Hall–Kier alpha value is -1.92. The second-order valence-corrected chi connectivity index (χ2v) is 3.56. The maximum absolute atomic E-state index is 11.5. The van der Waals surface area contributed by atoms with Crippen LogP contribution in [0, 0.1) is 0 Å². The third-order valence-electron chi connectivity index (χ3n) is 2.23. The van der Waals surface area contributed by atoms with E-state index < -0.39 is 11.9 Å². The molecule has 0 spiro atoms. The van der Waals surface area contributed by atoms with Gasteiger partial charge < -0.3 is 9.84 Å². The van der Waals surface area contributed by atoms with E-state index in [1.165, 1.54) is 24.3 Å². The fourth-order valence-electron chi connectivity index (χ4n) is 1.27. The molecule has 0 fully saturated rings. The van der Waals surface area contributed by atoms with Crippen LogP contribution >= 0.6 is 0 Å². The van der Waals surface area contributed by atoms with Gasteiger partial charge in [-0.25, -0.2) is 14.5 Å². The maximum atomic E-state index is 11.5. The van der Waals surface area contributed by atoms with Crippen molar-refractivity contribution in [3.8, 4) is 0 Å². The molecule has 6 nitrogen and oxygen atoms in total. The van der Waals surface area contributed by atoms with E-state index >= 15 is 0 Å². The van der Waals surface area contributed by atoms with Crippen molar-refractivity contribution in [2.24, 2.45) is 0 Å². The van der Waals surface area contributed by atoms with Crippen LogP contribution in [-0.2, 0) is 9.62 Å². The zero-order valence-corrected chi connectivity index (χ0v) is 9.67. The van der Waals surface area contributed by atoms with Crippen LogP contribution in [0.3, 0.4) is 0 Å². The van der Waals surface area contributed by atoms with Gasteiger partial charge in [0.1, 0.15) is 0 Å². The molecule has 0 atom stereocenters. The fourth-order valence-corrected chi connectivity index (χ4v) is 1.27. The smallest absolute Gasteiger partial charge is 0.338 e. The predicted octanol–water partition coefficient (Wildman–Crippen LogP) is 1.81. The van der Waals surface area contributed by atoms with Gasteiger partial charge in [-0.2, -0.15) is 0 Å². The third-order valence-corrected chi connectivity index (χ3v) is 2.23. The van der Waals surface area contributed by atoms with Crippen LogP contribution in [0.25, 0.3) is 0 Å². The van der Waals surface area contributed by atoms with Crippen LogP contribution in [0.5, 0.6) is 0 Å². The molecule has 1 rings (SSSR count). The predicted molar refractivity (Wildman–Crippen MR) is 61.5 cm³/mol. The van der Waals surface area contributed by atoms with Gasteiger partial charge in [-0.3, -0.25) is 5.26 Å². The number of carboxylic acid groups (broad SMARTS) is 1. The third kappa shape index (κ3) is 4.52. The SMILES string of the molecule is O=C(O)c1ccc(C(=O)OCCCCOO)cc1. The quantitative estimate of drug-likeness (QED) is 0.333. The first-order valence-electron chi connectivity index (χ1n) is 5.42. The highest BCUT2D eigenvalue weighted by Crippen LogP contribution is 2.06. The highest BCUT2D eigenvalue weighted by molar-refractivity contribution is 5.92. The fraction of sp³-hybridized carbons (Fsp3) is 0.333. The number of hydrogen-bond acceptors (Lipinski definition) is 5. The molecule has 1 aromatic carbocycles. The Morgan fingerprint density at radius 1 is 1.00 bits per heavy atom. The molecular weight excluding hydrogens is 240 g/mol. The van der Waals surface area contributed by atoms with Gasteiger partial charge in [-0.1, -0.05) is 0 Å². The van der Waals surface area contributed by atoms with Gasteiger partial charge in [0.2, 0.25) is 0 Å². The Kier molecular flexibility index (Phi) is 5.83. The van der Waals surface area contributed by atoms with Crippen molar-refractivity contribution in [3.05, 3.63) is 35.4 Å². The highest BCUT2D eigenvalue weighted by atomic mass is 17.1. The average Bonchev–Trinajstić information content (AvgIpc) is 2.38.